The second kappa shape index (κ2) is 5.18. The number of pyridine rings is 1. The Balaban J connectivity index is 2.30. The predicted molar refractivity (Wildman–Crippen MR) is 67.3 cm³/mol. The second-order valence-electron chi connectivity index (χ2n) is 3.68. The van der Waals surface area contributed by atoms with Gasteiger partial charge in [-0.3, -0.25) is 4.79 Å². The number of aromatic nitrogens is 1. The number of carboxylic acid groups (broad SMARTS) is 1. The largest absolute Gasteiger partial charge is 0.507 e. The van der Waals surface area contributed by atoms with Crippen LogP contribution in [0.3, 0.4) is 0 Å². The fraction of sp³-hybridized carbons (Fsp3) is 0. The highest BCUT2D eigenvalue weighted by Crippen LogP contribution is 2.19. The highest BCUT2D eigenvalue weighted by molar-refractivity contribution is 6.08. The van der Waals surface area contributed by atoms with Crippen LogP contribution in [-0.4, -0.2) is 27.1 Å². The third-order valence-electron chi connectivity index (χ3n) is 2.41. The van der Waals surface area contributed by atoms with Gasteiger partial charge in [0.15, 0.2) is 5.69 Å². The number of carboxylic acids is 1. The SMILES string of the molecule is O=C(Nc1cccnc1C(=O)O)c1ccccc1O. The van der Waals surface area contributed by atoms with Crippen molar-refractivity contribution in [2.75, 3.05) is 5.32 Å². The average molecular weight is 258 g/mol. The van der Waals surface area contributed by atoms with Crippen molar-refractivity contribution >= 4 is 17.6 Å². The molecule has 0 fully saturated rings. The molecule has 0 aliphatic heterocycles. The molecule has 0 unspecified atom stereocenters. The van der Waals surface area contributed by atoms with Crippen molar-refractivity contribution < 1.29 is 19.8 Å². The molecule has 0 saturated heterocycles. The summed E-state index contributed by atoms with van der Waals surface area (Å²) < 4.78 is 0. The number of rotatable bonds is 3. The number of carbonyl (C=O) groups excluding carboxylic acids is 1. The number of aromatic hydroxyl groups is 1. The Hall–Kier alpha value is -2.89. The first-order chi connectivity index (χ1) is 9.09. The van der Waals surface area contributed by atoms with Gasteiger partial charge >= 0.3 is 5.97 Å². The van der Waals surface area contributed by atoms with Gasteiger partial charge in [-0.2, -0.15) is 0 Å². The number of hydrogen-bond donors (Lipinski definition) is 3. The first-order valence-electron chi connectivity index (χ1n) is 5.37. The van der Waals surface area contributed by atoms with Gasteiger partial charge in [-0.25, -0.2) is 9.78 Å². The van der Waals surface area contributed by atoms with Crippen molar-refractivity contribution in [3.05, 3.63) is 53.9 Å². The molecule has 0 spiro atoms. The van der Waals surface area contributed by atoms with E-state index < -0.39 is 11.9 Å². The van der Waals surface area contributed by atoms with Crippen molar-refractivity contribution in [3.8, 4) is 5.75 Å². The normalized spacial score (nSPS) is 9.89. The number of phenols is 1. The third kappa shape index (κ3) is 2.68. The molecule has 1 amide bonds. The molecule has 19 heavy (non-hydrogen) atoms. The van der Waals surface area contributed by atoms with Gasteiger partial charge in [-0.1, -0.05) is 12.1 Å². The number of aromatic carboxylic acids is 1. The van der Waals surface area contributed by atoms with Crippen molar-refractivity contribution in [1.29, 1.82) is 0 Å². The van der Waals surface area contributed by atoms with Gasteiger partial charge in [-0.15, -0.1) is 0 Å². The topological polar surface area (TPSA) is 99.5 Å². The van der Waals surface area contributed by atoms with E-state index in [1.54, 1.807) is 12.1 Å². The Morgan fingerprint density at radius 3 is 2.53 bits per heavy atom. The lowest BCUT2D eigenvalue weighted by Crippen LogP contribution is -2.15. The molecule has 1 heterocycles. The molecule has 6 nitrogen and oxygen atoms in total. The highest BCUT2D eigenvalue weighted by Gasteiger charge is 2.16. The molecule has 96 valence electrons. The number of amides is 1. The molecule has 0 aliphatic carbocycles. The molecule has 0 bridgehead atoms. The van der Waals surface area contributed by atoms with Crippen molar-refractivity contribution in [1.82, 2.24) is 4.98 Å². The van der Waals surface area contributed by atoms with Crippen molar-refractivity contribution in [3.63, 3.8) is 0 Å². The van der Waals surface area contributed by atoms with E-state index in [4.69, 9.17) is 5.11 Å². The van der Waals surface area contributed by atoms with Gasteiger partial charge in [0, 0.05) is 6.20 Å². The van der Waals surface area contributed by atoms with E-state index in [1.165, 1.54) is 30.5 Å². The number of nitrogens with one attached hydrogen (secondary N) is 1. The molecule has 0 atom stereocenters. The molecular formula is C13H10N2O4. The van der Waals surface area contributed by atoms with Crippen LogP contribution >= 0.6 is 0 Å². The van der Waals surface area contributed by atoms with Crippen LogP contribution in [0.1, 0.15) is 20.8 Å². The summed E-state index contributed by atoms with van der Waals surface area (Å²) in [4.78, 5) is 26.5. The van der Waals surface area contributed by atoms with E-state index in [1.807, 2.05) is 0 Å². The zero-order valence-electron chi connectivity index (χ0n) is 9.70. The van der Waals surface area contributed by atoms with Gasteiger partial charge in [0.1, 0.15) is 5.75 Å². The van der Waals surface area contributed by atoms with Crippen LogP contribution in [0.15, 0.2) is 42.6 Å². The summed E-state index contributed by atoms with van der Waals surface area (Å²) in [5.74, 6) is -2.03. The summed E-state index contributed by atoms with van der Waals surface area (Å²) in [5, 5.41) is 20.9. The van der Waals surface area contributed by atoms with Gasteiger partial charge in [-0.05, 0) is 24.3 Å². The van der Waals surface area contributed by atoms with E-state index in [2.05, 4.69) is 10.3 Å². The maximum atomic E-state index is 11.9. The zero-order valence-corrected chi connectivity index (χ0v) is 9.70. The quantitative estimate of drug-likeness (QED) is 0.778. The number of hydrogen-bond acceptors (Lipinski definition) is 4. The Labute approximate surface area is 108 Å². The lowest BCUT2D eigenvalue weighted by molar-refractivity contribution is 0.0691. The summed E-state index contributed by atoms with van der Waals surface area (Å²) in [5.41, 5.74) is -0.128. The van der Waals surface area contributed by atoms with Crippen LogP contribution in [0.4, 0.5) is 5.69 Å². The molecule has 0 aliphatic rings. The molecule has 1 aromatic heterocycles. The minimum Gasteiger partial charge on any atom is -0.507 e. The minimum absolute atomic E-state index is 0.0580. The van der Waals surface area contributed by atoms with E-state index >= 15 is 0 Å². The average Bonchev–Trinajstić information content (AvgIpc) is 2.39. The van der Waals surface area contributed by atoms with Crippen molar-refractivity contribution in [2.24, 2.45) is 0 Å². The molecule has 6 heteroatoms. The Kier molecular flexibility index (Phi) is 3.42. The number of carbonyl (C=O) groups is 2. The maximum absolute atomic E-state index is 11.9. The van der Waals surface area contributed by atoms with E-state index in [0.717, 1.165) is 0 Å². The molecule has 0 radical (unpaired) electrons. The molecule has 0 saturated carbocycles. The molecule has 1 aromatic carbocycles. The van der Waals surface area contributed by atoms with E-state index in [0.29, 0.717) is 0 Å². The Morgan fingerprint density at radius 2 is 1.84 bits per heavy atom. The summed E-state index contributed by atoms with van der Waals surface area (Å²) in [6.07, 6.45) is 1.32. The van der Waals surface area contributed by atoms with Crippen LogP contribution in [0.25, 0.3) is 0 Å². The number of para-hydroxylation sites is 1. The van der Waals surface area contributed by atoms with Crippen LogP contribution in [-0.2, 0) is 0 Å². The van der Waals surface area contributed by atoms with Gasteiger partial charge in [0.2, 0.25) is 0 Å². The fourth-order valence-electron chi connectivity index (χ4n) is 1.53. The highest BCUT2D eigenvalue weighted by atomic mass is 16.4. The van der Waals surface area contributed by atoms with E-state index in [9.17, 15) is 14.7 Å². The maximum Gasteiger partial charge on any atom is 0.356 e. The zero-order chi connectivity index (χ0) is 13.8. The number of phenolic OH excluding ortho intramolecular Hbond substituents is 1. The smallest absolute Gasteiger partial charge is 0.356 e. The Bertz CT molecular complexity index is 640. The monoisotopic (exact) mass is 258 g/mol. The van der Waals surface area contributed by atoms with Crippen LogP contribution in [0.5, 0.6) is 5.75 Å². The third-order valence-corrected chi connectivity index (χ3v) is 2.41. The summed E-state index contributed by atoms with van der Waals surface area (Å²) in [6, 6.07) is 8.91. The summed E-state index contributed by atoms with van der Waals surface area (Å²) in [6.45, 7) is 0. The number of benzene rings is 1. The van der Waals surface area contributed by atoms with Gasteiger partial charge < -0.3 is 15.5 Å². The molecule has 2 aromatic rings. The first kappa shape index (κ1) is 12.6. The number of anilines is 1. The summed E-state index contributed by atoms with van der Waals surface area (Å²) >= 11 is 0. The molecule has 3 N–H and O–H groups in total. The second-order valence-corrected chi connectivity index (χ2v) is 3.68. The predicted octanol–water partition coefficient (Wildman–Crippen LogP) is 1.74. The lowest BCUT2D eigenvalue weighted by Gasteiger charge is -2.08. The Morgan fingerprint density at radius 1 is 1.11 bits per heavy atom. The number of nitrogens with zero attached hydrogens (tertiary/aromatic N) is 1. The summed E-state index contributed by atoms with van der Waals surface area (Å²) in [7, 11) is 0. The van der Waals surface area contributed by atoms with Crippen LogP contribution in [0.2, 0.25) is 0 Å². The molecular weight excluding hydrogens is 248 g/mol. The lowest BCUT2D eigenvalue weighted by atomic mass is 10.2. The van der Waals surface area contributed by atoms with Crippen LogP contribution < -0.4 is 5.32 Å². The minimum atomic E-state index is -1.24. The fourth-order valence-corrected chi connectivity index (χ4v) is 1.53. The van der Waals surface area contributed by atoms with Gasteiger partial charge in [0.25, 0.3) is 5.91 Å². The van der Waals surface area contributed by atoms with Gasteiger partial charge in [0.05, 0.1) is 11.3 Å². The van der Waals surface area contributed by atoms with Crippen molar-refractivity contribution in [2.45, 2.75) is 0 Å². The first-order valence-corrected chi connectivity index (χ1v) is 5.37. The molecule has 2 rings (SSSR count). The van der Waals surface area contributed by atoms with E-state index in [-0.39, 0.29) is 22.7 Å². The van der Waals surface area contributed by atoms with Crippen LogP contribution in [0, 0.1) is 0 Å². The standard InChI is InChI=1S/C13H10N2O4/c16-10-6-2-1-4-8(10)12(17)15-9-5-3-7-14-11(9)13(18)19/h1-7,16H,(H,15,17)(H,18,19).